The average Bonchev–Trinajstić information content (AvgIpc) is 2.92. The molecule has 0 saturated carbocycles. The average molecular weight is 756 g/mol. The number of halogens is 11. The molecule has 1 unspecified atom stereocenters. The Labute approximate surface area is 258 Å². The molecular formula is C27H13Br2F9N4O2. The monoisotopic (exact) mass is 754 g/mol. The number of nitrogens with zero attached hydrogens (tertiary/aromatic N) is 2. The van der Waals surface area contributed by atoms with E-state index < -0.39 is 56.0 Å². The van der Waals surface area contributed by atoms with Crippen molar-refractivity contribution in [3.8, 4) is 12.1 Å². The normalized spacial score (nSPS) is 13.3. The lowest BCUT2D eigenvalue weighted by Gasteiger charge is -2.36. The van der Waals surface area contributed by atoms with Crippen LogP contribution >= 0.6 is 31.9 Å². The maximum atomic E-state index is 14.9. The molecule has 0 radical (unpaired) electrons. The molecule has 6 nitrogen and oxygen atoms in total. The highest BCUT2D eigenvalue weighted by Gasteiger charge is 2.81. The summed E-state index contributed by atoms with van der Waals surface area (Å²) in [5.41, 5.74) is -8.47. The molecule has 0 bridgehead atoms. The van der Waals surface area contributed by atoms with E-state index in [1.807, 2.05) is 6.07 Å². The van der Waals surface area contributed by atoms with Crippen LogP contribution in [0.1, 0.15) is 43.0 Å². The number of alkyl halides is 9. The van der Waals surface area contributed by atoms with Gasteiger partial charge in [-0.3, -0.25) is 9.59 Å². The summed E-state index contributed by atoms with van der Waals surface area (Å²) in [6, 6.07) is 11.2. The SMILES string of the molecule is Cc1cc(C#N)ccc1C(=O)Nc1cc(C(=O)Nc2c(Br)cc(C(F)(C(F)(F)F)C(F)(F)C(F)(F)F)cc2Br)ccc1C#N. The van der Waals surface area contributed by atoms with Crippen LogP contribution in [0.4, 0.5) is 50.9 Å². The van der Waals surface area contributed by atoms with E-state index in [1.54, 1.807) is 13.0 Å². The van der Waals surface area contributed by atoms with Gasteiger partial charge in [0.2, 0.25) is 0 Å². The van der Waals surface area contributed by atoms with Gasteiger partial charge in [-0.25, -0.2) is 4.39 Å². The van der Waals surface area contributed by atoms with E-state index in [2.05, 4.69) is 42.5 Å². The lowest BCUT2D eigenvalue weighted by molar-refractivity contribution is -0.389. The quantitative estimate of drug-likeness (QED) is 0.246. The highest BCUT2D eigenvalue weighted by molar-refractivity contribution is 9.11. The van der Waals surface area contributed by atoms with Gasteiger partial charge >= 0.3 is 23.9 Å². The zero-order valence-electron chi connectivity index (χ0n) is 21.5. The Morgan fingerprint density at radius 1 is 0.750 bits per heavy atom. The van der Waals surface area contributed by atoms with Crippen LogP contribution in [0.15, 0.2) is 57.5 Å². The molecule has 3 aromatic carbocycles. The summed E-state index contributed by atoms with van der Waals surface area (Å²) >= 11 is 5.33. The third-order valence-electron chi connectivity index (χ3n) is 6.11. The maximum absolute atomic E-state index is 14.9. The summed E-state index contributed by atoms with van der Waals surface area (Å²) in [5, 5.41) is 23.1. The molecule has 1 atom stereocenters. The van der Waals surface area contributed by atoms with Gasteiger partial charge in [-0.2, -0.15) is 45.6 Å². The number of carbonyl (C=O) groups is 2. The second-order valence-corrected chi connectivity index (χ2v) is 10.7. The van der Waals surface area contributed by atoms with Gasteiger partial charge in [-0.1, -0.05) is 0 Å². The van der Waals surface area contributed by atoms with E-state index >= 15 is 0 Å². The molecule has 3 rings (SSSR count). The number of nitriles is 2. The lowest BCUT2D eigenvalue weighted by Crippen LogP contribution is -2.59. The van der Waals surface area contributed by atoms with Crippen molar-refractivity contribution >= 4 is 55.0 Å². The molecule has 0 aliphatic heterocycles. The number of anilines is 2. The Balaban J connectivity index is 1.98. The van der Waals surface area contributed by atoms with Crippen LogP contribution in [-0.4, -0.2) is 30.1 Å². The summed E-state index contributed by atoms with van der Waals surface area (Å²) in [5.74, 6) is -8.66. The maximum Gasteiger partial charge on any atom is 0.457 e. The summed E-state index contributed by atoms with van der Waals surface area (Å²) < 4.78 is 120. The van der Waals surface area contributed by atoms with E-state index in [0.29, 0.717) is 5.56 Å². The Hall–Kier alpha value is -4.09. The second kappa shape index (κ2) is 12.1. The third-order valence-corrected chi connectivity index (χ3v) is 7.36. The largest absolute Gasteiger partial charge is 0.457 e. The van der Waals surface area contributed by atoms with Gasteiger partial charge in [0.25, 0.3) is 11.8 Å². The predicted octanol–water partition coefficient (Wildman–Crippen LogP) is 8.69. The zero-order chi connectivity index (χ0) is 33.4. The smallest absolute Gasteiger partial charge is 0.321 e. The number of rotatable bonds is 6. The molecule has 3 aromatic rings. The molecule has 0 fully saturated rings. The van der Waals surface area contributed by atoms with Crippen LogP contribution in [-0.2, 0) is 5.67 Å². The summed E-state index contributed by atoms with van der Waals surface area (Å²) in [4.78, 5) is 25.8. The van der Waals surface area contributed by atoms with Crippen molar-refractivity contribution in [2.75, 3.05) is 10.6 Å². The zero-order valence-corrected chi connectivity index (χ0v) is 24.7. The van der Waals surface area contributed by atoms with Crippen LogP contribution in [0.5, 0.6) is 0 Å². The van der Waals surface area contributed by atoms with Crippen LogP contribution in [0.2, 0.25) is 0 Å². The number of hydrogen-bond donors (Lipinski definition) is 2. The molecule has 0 aromatic heterocycles. The minimum Gasteiger partial charge on any atom is -0.321 e. The topological polar surface area (TPSA) is 106 Å². The Bertz CT molecular complexity index is 1720. The molecule has 44 heavy (non-hydrogen) atoms. The number of nitrogens with one attached hydrogen (secondary N) is 2. The van der Waals surface area contributed by atoms with Gasteiger partial charge < -0.3 is 10.6 Å². The Morgan fingerprint density at radius 3 is 1.82 bits per heavy atom. The highest BCUT2D eigenvalue weighted by Crippen LogP contribution is 2.59. The standard InChI is InChI=1S/C27H13Br2F9N4O2/c1-12-6-13(10-39)2-5-17(12)23(44)41-20-7-14(3-4-15(20)11-40)22(43)42-21-18(28)8-16(9-19(21)29)24(30,26(33,34)35)25(31,32)27(36,37)38/h2-9H,1H3,(H,41,44)(H,42,43). The first-order chi connectivity index (χ1) is 20.2. The summed E-state index contributed by atoms with van der Waals surface area (Å²) in [6.07, 6.45) is -13.7. The van der Waals surface area contributed by atoms with Crippen molar-refractivity contribution in [3.63, 3.8) is 0 Å². The van der Waals surface area contributed by atoms with Crippen LogP contribution in [0, 0.1) is 29.6 Å². The highest BCUT2D eigenvalue weighted by atomic mass is 79.9. The molecular weight excluding hydrogens is 743 g/mol. The van der Waals surface area contributed by atoms with Gasteiger partial charge in [0, 0.05) is 25.6 Å². The fraction of sp³-hybridized carbons (Fsp3) is 0.185. The number of aryl methyl sites for hydroxylation is 1. The fourth-order valence-electron chi connectivity index (χ4n) is 3.86. The van der Waals surface area contributed by atoms with Gasteiger partial charge in [-0.05, 0) is 92.9 Å². The molecule has 0 heterocycles. The van der Waals surface area contributed by atoms with E-state index in [9.17, 15) is 54.4 Å². The summed E-state index contributed by atoms with van der Waals surface area (Å²) in [7, 11) is 0. The van der Waals surface area contributed by atoms with Crippen molar-refractivity contribution in [1.82, 2.24) is 0 Å². The lowest BCUT2D eigenvalue weighted by atomic mass is 9.87. The van der Waals surface area contributed by atoms with Crippen LogP contribution in [0.3, 0.4) is 0 Å². The third kappa shape index (κ3) is 6.25. The Morgan fingerprint density at radius 2 is 1.34 bits per heavy atom. The summed E-state index contributed by atoms with van der Waals surface area (Å²) in [6.45, 7) is 1.55. The van der Waals surface area contributed by atoms with Gasteiger partial charge in [0.05, 0.1) is 28.6 Å². The molecule has 2 N–H and O–H groups in total. The molecule has 0 aliphatic rings. The van der Waals surface area contributed by atoms with Crippen molar-refractivity contribution in [1.29, 1.82) is 10.5 Å². The van der Waals surface area contributed by atoms with Crippen molar-refractivity contribution in [3.05, 3.63) is 90.9 Å². The van der Waals surface area contributed by atoms with Crippen LogP contribution in [0.25, 0.3) is 0 Å². The number of amides is 2. The van der Waals surface area contributed by atoms with E-state index in [-0.39, 0.29) is 40.1 Å². The first kappa shape index (κ1) is 34.4. The number of hydrogen-bond acceptors (Lipinski definition) is 4. The predicted molar refractivity (Wildman–Crippen MR) is 145 cm³/mol. The number of carbonyl (C=O) groups excluding carboxylic acids is 2. The molecule has 0 spiro atoms. The Kier molecular flexibility index (Phi) is 9.48. The molecule has 2 amide bonds. The molecule has 0 saturated heterocycles. The second-order valence-electron chi connectivity index (χ2n) is 8.97. The first-order valence-electron chi connectivity index (χ1n) is 11.6. The number of benzene rings is 3. The van der Waals surface area contributed by atoms with Crippen molar-refractivity contribution in [2.45, 2.75) is 30.9 Å². The van der Waals surface area contributed by atoms with Gasteiger partial charge in [-0.15, -0.1) is 0 Å². The van der Waals surface area contributed by atoms with Crippen LogP contribution < -0.4 is 10.6 Å². The van der Waals surface area contributed by atoms with E-state index in [1.165, 1.54) is 18.2 Å². The first-order valence-corrected chi connectivity index (χ1v) is 13.2. The van der Waals surface area contributed by atoms with E-state index in [4.69, 9.17) is 5.26 Å². The molecule has 17 heteroatoms. The minimum absolute atomic E-state index is 0.0118. The van der Waals surface area contributed by atoms with Crippen molar-refractivity contribution in [2.24, 2.45) is 0 Å². The minimum atomic E-state index is -6.93. The van der Waals surface area contributed by atoms with E-state index in [0.717, 1.165) is 18.2 Å². The van der Waals surface area contributed by atoms with Gasteiger partial charge in [0.15, 0.2) is 0 Å². The molecule has 230 valence electrons. The van der Waals surface area contributed by atoms with Crippen molar-refractivity contribution < 1.29 is 49.1 Å². The fourth-order valence-corrected chi connectivity index (χ4v) is 5.24. The van der Waals surface area contributed by atoms with Gasteiger partial charge in [0.1, 0.15) is 6.07 Å². The molecule has 0 aliphatic carbocycles.